The lowest BCUT2D eigenvalue weighted by molar-refractivity contribution is -0.385. The van der Waals surface area contributed by atoms with E-state index in [1.807, 2.05) is 30.3 Å². The maximum absolute atomic E-state index is 12.3. The molecule has 8 heteroatoms. The third-order valence-electron chi connectivity index (χ3n) is 4.33. The van der Waals surface area contributed by atoms with Crippen molar-refractivity contribution in [1.82, 2.24) is 10.5 Å². The van der Waals surface area contributed by atoms with Crippen molar-refractivity contribution in [2.75, 3.05) is 0 Å². The molecule has 0 saturated heterocycles. The average Bonchev–Trinajstić information content (AvgIpc) is 3.32. The van der Waals surface area contributed by atoms with Crippen molar-refractivity contribution in [1.29, 1.82) is 0 Å². The number of nitro groups is 1. The number of hydrogen-bond donors (Lipinski definition) is 1. The Kier molecular flexibility index (Phi) is 4.36. The minimum atomic E-state index is -0.511. The fourth-order valence-corrected chi connectivity index (χ4v) is 2.83. The molecule has 2 heterocycles. The number of carbonyl (C=O) groups excluding carboxylic acids is 1. The van der Waals surface area contributed by atoms with Crippen molar-refractivity contribution in [2.24, 2.45) is 0 Å². The van der Waals surface area contributed by atoms with Gasteiger partial charge in [-0.1, -0.05) is 29.4 Å². The molecule has 0 aliphatic rings. The number of rotatable bonds is 5. The minimum Gasteiger partial charge on any atom is -0.453 e. The Hall–Kier alpha value is -3.94. The number of hydrogen-bond acceptors (Lipinski definition) is 6. The van der Waals surface area contributed by atoms with Crippen molar-refractivity contribution >= 4 is 22.6 Å². The summed E-state index contributed by atoms with van der Waals surface area (Å²) < 4.78 is 11.0. The topological polar surface area (TPSA) is 111 Å². The molecule has 2 aromatic carbocycles. The molecule has 0 radical (unpaired) electrons. The maximum Gasteiger partial charge on any atom is 0.273 e. The largest absolute Gasteiger partial charge is 0.453 e. The van der Waals surface area contributed by atoms with Gasteiger partial charge in [0.25, 0.3) is 11.6 Å². The summed E-state index contributed by atoms with van der Waals surface area (Å²) >= 11 is 0. The molecule has 0 atom stereocenters. The van der Waals surface area contributed by atoms with Gasteiger partial charge in [-0.25, -0.2) is 0 Å². The molecule has 0 bridgehead atoms. The van der Waals surface area contributed by atoms with Crippen LogP contribution in [0.4, 0.5) is 5.69 Å². The first-order chi connectivity index (χ1) is 13.5. The molecule has 4 aromatic rings. The monoisotopic (exact) mass is 377 g/mol. The lowest BCUT2D eigenvalue weighted by Crippen LogP contribution is -2.23. The smallest absolute Gasteiger partial charge is 0.273 e. The standard InChI is InChI=1S/C20H15N3O5/c1-12-6-7-14(8-16(12)23(25)26)20(24)21-11-15-10-19(28-22-15)18-9-13-4-2-3-5-17(13)27-18/h2-10H,11H2,1H3,(H,21,24). The number of aromatic nitrogens is 1. The molecule has 2 aromatic heterocycles. The Morgan fingerprint density at radius 2 is 1.96 bits per heavy atom. The molecular weight excluding hydrogens is 362 g/mol. The molecule has 8 nitrogen and oxygen atoms in total. The highest BCUT2D eigenvalue weighted by molar-refractivity contribution is 5.95. The van der Waals surface area contributed by atoms with E-state index in [-0.39, 0.29) is 17.8 Å². The molecule has 0 aliphatic heterocycles. The van der Waals surface area contributed by atoms with E-state index in [9.17, 15) is 14.9 Å². The highest BCUT2D eigenvalue weighted by atomic mass is 16.6. The quantitative estimate of drug-likeness (QED) is 0.411. The zero-order valence-corrected chi connectivity index (χ0v) is 14.8. The Morgan fingerprint density at radius 1 is 1.14 bits per heavy atom. The van der Waals surface area contributed by atoms with E-state index in [1.54, 1.807) is 25.1 Å². The molecular formula is C20H15N3O5. The number of para-hydroxylation sites is 1. The van der Waals surface area contributed by atoms with Crippen molar-refractivity contribution in [2.45, 2.75) is 13.5 Å². The Morgan fingerprint density at radius 3 is 2.75 bits per heavy atom. The molecule has 0 spiro atoms. The number of aryl methyl sites for hydroxylation is 1. The predicted molar refractivity (Wildman–Crippen MR) is 101 cm³/mol. The summed E-state index contributed by atoms with van der Waals surface area (Å²) in [5, 5.41) is 18.6. The molecule has 0 fully saturated rings. The second kappa shape index (κ2) is 6.99. The van der Waals surface area contributed by atoms with Crippen LogP contribution in [0.5, 0.6) is 0 Å². The van der Waals surface area contributed by atoms with Gasteiger partial charge in [-0.2, -0.15) is 0 Å². The summed E-state index contributed by atoms with van der Waals surface area (Å²) in [5.74, 6) is 0.559. The van der Waals surface area contributed by atoms with Crippen molar-refractivity contribution in [3.05, 3.63) is 81.5 Å². The minimum absolute atomic E-state index is 0.0961. The molecule has 140 valence electrons. The number of benzene rings is 2. The van der Waals surface area contributed by atoms with Gasteiger partial charge in [0.2, 0.25) is 5.76 Å². The summed E-state index contributed by atoms with van der Waals surface area (Å²) in [4.78, 5) is 22.8. The first-order valence-electron chi connectivity index (χ1n) is 8.49. The number of nitrogens with zero attached hydrogens (tertiary/aromatic N) is 2. The number of fused-ring (bicyclic) bond motifs is 1. The highest BCUT2D eigenvalue weighted by Crippen LogP contribution is 2.28. The number of furan rings is 1. The molecule has 1 amide bonds. The van der Waals surface area contributed by atoms with E-state index in [2.05, 4.69) is 10.5 Å². The van der Waals surface area contributed by atoms with E-state index in [1.165, 1.54) is 6.07 Å². The lowest BCUT2D eigenvalue weighted by atomic mass is 10.1. The maximum atomic E-state index is 12.3. The lowest BCUT2D eigenvalue weighted by Gasteiger charge is -2.04. The van der Waals surface area contributed by atoms with Crippen LogP contribution in [0.2, 0.25) is 0 Å². The van der Waals surface area contributed by atoms with Crippen LogP contribution < -0.4 is 5.32 Å². The molecule has 1 N–H and O–H groups in total. The predicted octanol–water partition coefficient (Wildman–Crippen LogP) is 4.23. The zero-order chi connectivity index (χ0) is 19.7. The van der Waals surface area contributed by atoms with Gasteiger partial charge in [0.05, 0.1) is 11.5 Å². The van der Waals surface area contributed by atoms with Gasteiger partial charge in [-0.3, -0.25) is 14.9 Å². The summed E-state index contributed by atoms with van der Waals surface area (Å²) in [6.45, 7) is 1.74. The average molecular weight is 377 g/mol. The molecule has 0 aliphatic carbocycles. The molecule has 0 unspecified atom stereocenters. The fraction of sp³-hybridized carbons (Fsp3) is 0.100. The van der Waals surface area contributed by atoms with Gasteiger partial charge in [0, 0.05) is 28.6 Å². The molecule has 28 heavy (non-hydrogen) atoms. The van der Waals surface area contributed by atoms with Gasteiger partial charge in [0.15, 0.2) is 5.76 Å². The van der Waals surface area contributed by atoms with E-state index >= 15 is 0 Å². The van der Waals surface area contributed by atoms with Gasteiger partial charge >= 0.3 is 0 Å². The summed E-state index contributed by atoms with van der Waals surface area (Å²) in [6, 6.07) is 15.5. The van der Waals surface area contributed by atoms with Crippen LogP contribution in [0.1, 0.15) is 21.6 Å². The highest BCUT2D eigenvalue weighted by Gasteiger charge is 2.16. The number of carbonyl (C=O) groups is 1. The van der Waals surface area contributed by atoms with E-state index < -0.39 is 10.8 Å². The molecule has 4 rings (SSSR count). The van der Waals surface area contributed by atoms with Gasteiger partial charge in [-0.15, -0.1) is 0 Å². The zero-order valence-electron chi connectivity index (χ0n) is 14.8. The first kappa shape index (κ1) is 17.5. The number of amides is 1. The van der Waals surface area contributed by atoms with Crippen LogP contribution in [0, 0.1) is 17.0 Å². The second-order valence-corrected chi connectivity index (χ2v) is 6.27. The third-order valence-corrected chi connectivity index (χ3v) is 4.33. The van der Waals surface area contributed by atoms with Crippen LogP contribution >= 0.6 is 0 Å². The third kappa shape index (κ3) is 3.35. The number of nitro benzene ring substituents is 1. The van der Waals surface area contributed by atoms with Crippen LogP contribution in [0.15, 0.2) is 63.5 Å². The van der Waals surface area contributed by atoms with E-state index in [4.69, 9.17) is 8.94 Å². The summed E-state index contributed by atoms with van der Waals surface area (Å²) in [7, 11) is 0. The van der Waals surface area contributed by atoms with Gasteiger partial charge in [-0.05, 0) is 25.1 Å². The van der Waals surface area contributed by atoms with Crippen LogP contribution in [0.3, 0.4) is 0 Å². The summed E-state index contributed by atoms with van der Waals surface area (Å²) in [6.07, 6.45) is 0. The van der Waals surface area contributed by atoms with E-state index in [0.717, 1.165) is 11.0 Å². The van der Waals surface area contributed by atoms with Crippen molar-refractivity contribution < 1.29 is 18.7 Å². The number of nitrogens with one attached hydrogen (secondary N) is 1. The molecule has 0 saturated carbocycles. The fourth-order valence-electron chi connectivity index (χ4n) is 2.83. The summed E-state index contributed by atoms with van der Waals surface area (Å²) in [5.41, 5.74) is 1.85. The first-order valence-corrected chi connectivity index (χ1v) is 8.49. The van der Waals surface area contributed by atoms with Crippen LogP contribution in [-0.2, 0) is 6.54 Å². The Labute approximate surface area is 158 Å². The van der Waals surface area contributed by atoms with Crippen molar-refractivity contribution in [3.63, 3.8) is 0 Å². The van der Waals surface area contributed by atoms with Crippen LogP contribution in [-0.4, -0.2) is 16.0 Å². The van der Waals surface area contributed by atoms with Crippen LogP contribution in [0.25, 0.3) is 22.5 Å². The van der Waals surface area contributed by atoms with Crippen molar-refractivity contribution in [3.8, 4) is 11.5 Å². The van der Waals surface area contributed by atoms with Gasteiger partial charge in [0.1, 0.15) is 11.3 Å². The SMILES string of the molecule is Cc1ccc(C(=O)NCc2cc(-c3cc4ccccc4o3)on2)cc1[N+](=O)[O-]. The second-order valence-electron chi connectivity index (χ2n) is 6.27. The van der Waals surface area contributed by atoms with Gasteiger partial charge < -0.3 is 14.3 Å². The normalized spacial score (nSPS) is 10.9. The Balaban J connectivity index is 1.46. The Bertz CT molecular complexity index is 1160. The van der Waals surface area contributed by atoms with E-state index in [0.29, 0.717) is 22.8 Å².